The fourth-order valence-electron chi connectivity index (χ4n) is 2.26. The van der Waals surface area contributed by atoms with Crippen LogP contribution in [0.25, 0.3) is 23.1 Å². The van der Waals surface area contributed by atoms with Crippen LogP contribution in [0.1, 0.15) is 21.6 Å². The molecule has 2 aromatic carbocycles. The largest absolute Gasteiger partial charge is 0.478 e. The maximum absolute atomic E-state index is 11.1. The van der Waals surface area contributed by atoms with E-state index in [9.17, 15) is 14.9 Å². The van der Waals surface area contributed by atoms with Gasteiger partial charge in [-0.3, -0.25) is 15.2 Å². The zero-order valence-electron chi connectivity index (χ0n) is 11.8. The fraction of sp³-hybridized carbons (Fsp3) is 0. The number of hydrogen-bond donors (Lipinski definition) is 2. The van der Waals surface area contributed by atoms with Gasteiger partial charge in [0.25, 0.3) is 5.69 Å². The first-order valence-electron chi connectivity index (χ1n) is 6.69. The molecule has 1 heterocycles. The van der Waals surface area contributed by atoms with Gasteiger partial charge in [0.1, 0.15) is 0 Å². The van der Waals surface area contributed by atoms with Crippen molar-refractivity contribution in [3.8, 4) is 0 Å². The number of rotatable bonds is 4. The van der Waals surface area contributed by atoms with Crippen molar-refractivity contribution in [3.63, 3.8) is 0 Å². The van der Waals surface area contributed by atoms with Gasteiger partial charge < -0.3 is 5.11 Å². The highest BCUT2D eigenvalue weighted by Crippen LogP contribution is 2.24. The number of aromatic amines is 1. The minimum Gasteiger partial charge on any atom is -0.478 e. The second-order valence-electron chi connectivity index (χ2n) is 4.82. The molecule has 0 amide bonds. The minimum atomic E-state index is -1.21. The normalized spacial score (nSPS) is 11.1. The number of carboxylic acids is 1. The lowest BCUT2D eigenvalue weighted by atomic mass is 10.1. The number of nitro benzene ring substituents is 1. The van der Waals surface area contributed by atoms with Crippen molar-refractivity contribution in [1.82, 2.24) is 10.2 Å². The van der Waals surface area contributed by atoms with E-state index in [0.29, 0.717) is 11.3 Å². The van der Waals surface area contributed by atoms with E-state index in [-0.39, 0.29) is 11.3 Å². The Morgan fingerprint density at radius 1 is 1.22 bits per heavy atom. The number of nitro groups is 1. The number of nitrogens with one attached hydrogen (secondary N) is 1. The Kier molecular flexibility index (Phi) is 3.60. The molecule has 3 aromatic rings. The Bertz CT molecular complexity index is 943. The molecule has 0 spiro atoms. The van der Waals surface area contributed by atoms with Gasteiger partial charge in [-0.15, -0.1) is 0 Å². The Hall–Kier alpha value is -3.48. The number of H-pyrrole nitrogens is 1. The lowest BCUT2D eigenvalue weighted by Gasteiger charge is -1.99. The van der Waals surface area contributed by atoms with Crippen LogP contribution in [-0.2, 0) is 0 Å². The van der Waals surface area contributed by atoms with Gasteiger partial charge in [0, 0.05) is 11.5 Å². The summed E-state index contributed by atoms with van der Waals surface area (Å²) in [5, 5.41) is 28.0. The lowest BCUT2D eigenvalue weighted by molar-refractivity contribution is -0.385. The molecule has 2 N–H and O–H groups in total. The van der Waals surface area contributed by atoms with E-state index in [1.807, 2.05) is 24.3 Å². The Labute approximate surface area is 130 Å². The molecular weight excluding hydrogens is 298 g/mol. The van der Waals surface area contributed by atoms with Gasteiger partial charge in [0.15, 0.2) is 0 Å². The second kappa shape index (κ2) is 5.72. The standard InChI is InChI=1S/C16H11N3O4/c20-16(21)11-6-5-10(15(9-11)19(22)23)7-8-14-12-3-1-2-4-13(12)17-18-14/h1-9H,(H,17,18)(H,20,21). The van der Waals surface area contributed by atoms with Crippen molar-refractivity contribution in [2.24, 2.45) is 0 Å². The molecule has 0 unspecified atom stereocenters. The molecule has 0 saturated heterocycles. The van der Waals surface area contributed by atoms with Crippen LogP contribution in [0.2, 0.25) is 0 Å². The van der Waals surface area contributed by atoms with E-state index in [1.54, 1.807) is 12.2 Å². The van der Waals surface area contributed by atoms with Crippen molar-refractivity contribution in [2.75, 3.05) is 0 Å². The van der Waals surface area contributed by atoms with E-state index in [1.165, 1.54) is 12.1 Å². The highest BCUT2D eigenvalue weighted by atomic mass is 16.6. The van der Waals surface area contributed by atoms with E-state index in [4.69, 9.17) is 5.11 Å². The molecule has 7 heteroatoms. The number of carboxylic acid groups (broad SMARTS) is 1. The minimum absolute atomic E-state index is 0.126. The number of carbonyl (C=O) groups is 1. The summed E-state index contributed by atoms with van der Waals surface area (Å²) < 4.78 is 0. The summed E-state index contributed by atoms with van der Waals surface area (Å²) in [6, 6.07) is 11.3. The number of para-hydroxylation sites is 1. The molecule has 23 heavy (non-hydrogen) atoms. The lowest BCUT2D eigenvalue weighted by Crippen LogP contribution is -1.99. The average molecular weight is 309 g/mol. The summed E-state index contributed by atoms with van der Waals surface area (Å²) in [6.45, 7) is 0. The van der Waals surface area contributed by atoms with Gasteiger partial charge >= 0.3 is 5.97 Å². The second-order valence-corrected chi connectivity index (χ2v) is 4.82. The zero-order chi connectivity index (χ0) is 16.4. The molecule has 3 rings (SSSR count). The van der Waals surface area contributed by atoms with E-state index in [0.717, 1.165) is 17.0 Å². The molecule has 0 aliphatic carbocycles. The molecule has 7 nitrogen and oxygen atoms in total. The number of aromatic nitrogens is 2. The van der Waals surface area contributed by atoms with Crippen LogP contribution in [0.15, 0.2) is 42.5 Å². The van der Waals surface area contributed by atoms with E-state index >= 15 is 0 Å². The molecule has 0 aliphatic heterocycles. The number of nitrogens with zero attached hydrogens (tertiary/aromatic N) is 2. The predicted octanol–water partition coefficient (Wildman–Crippen LogP) is 3.34. The van der Waals surface area contributed by atoms with Crippen LogP contribution >= 0.6 is 0 Å². The highest BCUT2D eigenvalue weighted by molar-refractivity contribution is 5.91. The smallest absolute Gasteiger partial charge is 0.335 e. The van der Waals surface area contributed by atoms with Gasteiger partial charge in [-0.05, 0) is 30.4 Å². The summed E-state index contributed by atoms with van der Waals surface area (Å²) in [6.07, 6.45) is 3.20. The third-order valence-corrected chi connectivity index (χ3v) is 3.39. The monoisotopic (exact) mass is 309 g/mol. The predicted molar refractivity (Wildman–Crippen MR) is 85.1 cm³/mol. The van der Waals surface area contributed by atoms with Crippen molar-refractivity contribution < 1.29 is 14.8 Å². The van der Waals surface area contributed by atoms with Gasteiger partial charge in [-0.1, -0.05) is 18.2 Å². The molecular formula is C16H11N3O4. The van der Waals surface area contributed by atoms with Gasteiger partial charge in [-0.2, -0.15) is 5.10 Å². The van der Waals surface area contributed by atoms with Gasteiger partial charge in [-0.25, -0.2) is 4.79 Å². The molecule has 0 bridgehead atoms. The van der Waals surface area contributed by atoms with Gasteiger partial charge in [0.2, 0.25) is 0 Å². The molecule has 0 radical (unpaired) electrons. The van der Waals surface area contributed by atoms with E-state index < -0.39 is 10.9 Å². The summed E-state index contributed by atoms with van der Waals surface area (Å²) in [4.78, 5) is 21.4. The summed E-state index contributed by atoms with van der Waals surface area (Å²) >= 11 is 0. The maximum Gasteiger partial charge on any atom is 0.335 e. The third kappa shape index (κ3) is 2.80. The number of benzene rings is 2. The Balaban J connectivity index is 2.02. The van der Waals surface area contributed by atoms with Crippen LogP contribution in [0, 0.1) is 10.1 Å². The van der Waals surface area contributed by atoms with Crippen LogP contribution in [0.4, 0.5) is 5.69 Å². The zero-order valence-corrected chi connectivity index (χ0v) is 11.8. The van der Waals surface area contributed by atoms with Crippen molar-refractivity contribution in [2.45, 2.75) is 0 Å². The summed E-state index contributed by atoms with van der Waals surface area (Å²) in [5.41, 5.74) is 1.44. The van der Waals surface area contributed by atoms with Crippen molar-refractivity contribution in [1.29, 1.82) is 0 Å². The highest BCUT2D eigenvalue weighted by Gasteiger charge is 2.15. The van der Waals surface area contributed by atoms with Crippen molar-refractivity contribution in [3.05, 3.63) is 69.4 Å². The molecule has 0 atom stereocenters. The van der Waals surface area contributed by atoms with Gasteiger partial charge in [0.05, 0.1) is 27.3 Å². The first-order chi connectivity index (χ1) is 11.1. The first-order valence-corrected chi connectivity index (χ1v) is 6.69. The van der Waals surface area contributed by atoms with Crippen molar-refractivity contribution >= 4 is 34.7 Å². The average Bonchev–Trinajstić information content (AvgIpc) is 2.95. The fourth-order valence-corrected chi connectivity index (χ4v) is 2.26. The molecule has 0 fully saturated rings. The SMILES string of the molecule is O=C(O)c1ccc(C=Cc2n[nH]c3ccccc23)c([N+](=O)[O-])c1. The van der Waals surface area contributed by atoms with Crippen LogP contribution in [-0.4, -0.2) is 26.2 Å². The third-order valence-electron chi connectivity index (χ3n) is 3.39. The number of aromatic carboxylic acids is 1. The Morgan fingerprint density at radius 3 is 2.74 bits per heavy atom. The summed E-state index contributed by atoms with van der Waals surface area (Å²) in [7, 11) is 0. The maximum atomic E-state index is 11.1. The van der Waals surface area contributed by atoms with Crippen LogP contribution in [0.5, 0.6) is 0 Å². The number of fused-ring (bicyclic) bond motifs is 1. The molecule has 0 aliphatic rings. The molecule has 114 valence electrons. The molecule has 0 saturated carbocycles. The van der Waals surface area contributed by atoms with E-state index in [2.05, 4.69) is 10.2 Å². The summed E-state index contributed by atoms with van der Waals surface area (Å²) in [5.74, 6) is -1.21. The molecule has 1 aromatic heterocycles. The Morgan fingerprint density at radius 2 is 2.00 bits per heavy atom. The number of hydrogen-bond acceptors (Lipinski definition) is 4. The topological polar surface area (TPSA) is 109 Å². The van der Waals surface area contributed by atoms with Crippen LogP contribution in [0.3, 0.4) is 0 Å². The first kappa shape index (κ1) is 14.5. The quantitative estimate of drug-likeness (QED) is 0.567. The van der Waals surface area contributed by atoms with Crippen LogP contribution < -0.4 is 0 Å².